The predicted octanol–water partition coefficient (Wildman–Crippen LogP) is 4.76. The highest BCUT2D eigenvalue weighted by atomic mass is 35.5. The maximum absolute atomic E-state index is 13.2. The van der Waals surface area contributed by atoms with Crippen LogP contribution >= 0.6 is 34.7 Å². The van der Waals surface area contributed by atoms with Crippen LogP contribution in [0.1, 0.15) is 18.7 Å². The van der Waals surface area contributed by atoms with E-state index in [-0.39, 0.29) is 17.6 Å². The number of carbonyl (C=O) groups is 2. The van der Waals surface area contributed by atoms with Crippen LogP contribution in [0.2, 0.25) is 5.02 Å². The Balaban J connectivity index is 1.92. The molecule has 0 saturated carbocycles. The average molecular weight is 464 g/mol. The molecule has 1 aliphatic rings. The average Bonchev–Trinajstić information content (AvgIpc) is 3.35. The highest BCUT2D eigenvalue weighted by Gasteiger charge is 2.33. The summed E-state index contributed by atoms with van der Waals surface area (Å²) in [7, 11) is 1.53. The van der Waals surface area contributed by atoms with Gasteiger partial charge in [-0.15, -0.1) is 11.3 Å². The third-order valence-electron chi connectivity index (χ3n) is 4.49. The topological polar surface area (TPSA) is 62.2 Å². The Labute approximate surface area is 189 Å². The quantitative estimate of drug-likeness (QED) is 0.555. The molecule has 1 aromatic carbocycles. The fraction of sp³-hybridized carbons (Fsp3) is 0.286. The lowest BCUT2D eigenvalue weighted by Crippen LogP contribution is -2.34. The van der Waals surface area contributed by atoms with Gasteiger partial charge in [-0.2, -0.15) is 0 Å². The molecule has 0 aliphatic carbocycles. The molecule has 0 fully saturated rings. The molecule has 0 radical (unpaired) electrons. The van der Waals surface area contributed by atoms with E-state index in [1.165, 1.54) is 35.1 Å². The molecular weight excluding hydrogens is 442 g/mol. The zero-order chi connectivity index (χ0) is 21.7. The molecule has 1 aromatic heterocycles. The number of hydrogen-bond donors (Lipinski definition) is 0. The van der Waals surface area contributed by atoms with E-state index >= 15 is 0 Å². The number of methoxy groups -OCH3 is 1. The van der Waals surface area contributed by atoms with Crippen LogP contribution < -0.4 is 9.64 Å². The molecule has 2 heterocycles. The Morgan fingerprint density at radius 1 is 1.33 bits per heavy atom. The lowest BCUT2D eigenvalue weighted by Gasteiger charge is -2.21. The molecular formula is C21H22ClN3O3S2. The van der Waals surface area contributed by atoms with Crippen LogP contribution in [0.15, 0.2) is 46.4 Å². The van der Waals surface area contributed by atoms with Crippen molar-refractivity contribution in [3.63, 3.8) is 0 Å². The minimum Gasteiger partial charge on any atom is -0.495 e. The third-order valence-corrected chi connectivity index (χ3v) is 6.52. The summed E-state index contributed by atoms with van der Waals surface area (Å²) < 4.78 is 5.21. The van der Waals surface area contributed by atoms with Gasteiger partial charge in [-0.3, -0.25) is 14.5 Å². The Kier molecular flexibility index (Phi) is 7.58. The number of amides is 2. The van der Waals surface area contributed by atoms with Crippen molar-refractivity contribution in [1.29, 1.82) is 0 Å². The first-order chi connectivity index (χ1) is 14.5. The molecule has 9 heteroatoms. The van der Waals surface area contributed by atoms with Crippen LogP contribution in [0.3, 0.4) is 0 Å². The first-order valence-electron chi connectivity index (χ1n) is 9.40. The minimum atomic E-state index is -0.262. The van der Waals surface area contributed by atoms with E-state index in [1.807, 2.05) is 31.4 Å². The number of hydrogen-bond acceptors (Lipinski definition) is 6. The summed E-state index contributed by atoms with van der Waals surface area (Å²) in [5.74, 6) is 0.454. The van der Waals surface area contributed by atoms with Gasteiger partial charge in [0.2, 0.25) is 5.91 Å². The molecule has 0 bridgehead atoms. The van der Waals surface area contributed by atoms with E-state index < -0.39 is 0 Å². The van der Waals surface area contributed by atoms with Crippen LogP contribution in [-0.4, -0.2) is 47.8 Å². The molecule has 30 heavy (non-hydrogen) atoms. The summed E-state index contributed by atoms with van der Waals surface area (Å²) in [6, 6.07) is 8.95. The number of rotatable bonds is 7. The number of anilines is 1. The van der Waals surface area contributed by atoms with Crippen LogP contribution in [0, 0.1) is 0 Å². The fourth-order valence-electron chi connectivity index (χ4n) is 2.92. The maximum Gasteiger partial charge on any atom is 0.283 e. The molecule has 0 unspecified atom stereocenters. The summed E-state index contributed by atoms with van der Waals surface area (Å²) in [5, 5.41) is 2.78. The first kappa shape index (κ1) is 22.4. The number of ether oxygens (including phenoxy) is 1. The zero-order valence-corrected chi connectivity index (χ0v) is 19.3. The van der Waals surface area contributed by atoms with Crippen LogP contribution in [0.5, 0.6) is 5.75 Å². The molecule has 3 rings (SSSR count). The summed E-state index contributed by atoms with van der Waals surface area (Å²) in [6.45, 7) is 5.16. The van der Waals surface area contributed by atoms with Gasteiger partial charge in [0.25, 0.3) is 5.91 Å². The summed E-state index contributed by atoms with van der Waals surface area (Å²) >= 11 is 9.04. The van der Waals surface area contributed by atoms with Crippen LogP contribution in [-0.2, 0) is 9.59 Å². The van der Waals surface area contributed by atoms with Gasteiger partial charge in [-0.25, -0.2) is 4.99 Å². The number of benzene rings is 1. The molecule has 158 valence electrons. The largest absolute Gasteiger partial charge is 0.495 e. The van der Waals surface area contributed by atoms with Gasteiger partial charge in [0.15, 0.2) is 5.17 Å². The molecule has 2 aromatic rings. The number of thiophene rings is 1. The lowest BCUT2D eigenvalue weighted by molar-refractivity contribution is -0.128. The van der Waals surface area contributed by atoms with Gasteiger partial charge in [0, 0.05) is 18.0 Å². The second kappa shape index (κ2) is 10.1. The monoisotopic (exact) mass is 463 g/mol. The van der Waals surface area contributed by atoms with Crippen molar-refractivity contribution in [2.24, 2.45) is 4.99 Å². The van der Waals surface area contributed by atoms with E-state index in [0.717, 1.165) is 4.88 Å². The van der Waals surface area contributed by atoms with Crippen LogP contribution in [0.25, 0.3) is 6.08 Å². The fourth-order valence-corrected chi connectivity index (χ4v) is 4.74. The summed E-state index contributed by atoms with van der Waals surface area (Å²) in [5.41, 5.74) is 0.893. The van der Waals surface area contributed by atoms with E-state index in [9.17, 15) is 9.59 Å². The van der Waals surface area contributed by atoms with E-state index in [2.05, 4.69) is 4.99 Å². The van der Waals surface area contributed by atoms with Gasteiger partial charge < -0.3 is 9.64 Å². The highest BCUT2D eigenvalue weighted by molar-refractivity contribution is 8.14. The second-order valence-electron chi connectivity index (χ2n) is 6.25. The number of halogens is 1. The molecule has 6 nitrogen and oxygen atoms in total. The maximum atomic E-state index is 13.2. The van der Waals surface area contributed by atoms with Crippen molar-refractivity contribution < 1.29 is 14.3 Å². The molecule has 0 spiro atoms. The predicted molar refractivity (Wildman–Crippen MR) is 126 cm³/mol. The van der Waals surface area contributed by atoms with Gasteiger partial charge in [-0.05, 0) is 49.6 Å². The van der Waals surface area contributed by atoms with Gasteiger partial charge >= 0.3 is 0 Å². The van der Waals surface area contributed by atoms with E-state index in [1.54, 1.807) is 29.2 Å². The third kappa shape index (κ3) is 4.88. The van der Waals surface area contributed by atoms with Gasteiger partial charge in [0.05, 0.1) is 23.6 Å². The molecule has 0 N–H and O–H groups in total. The Morgan fingerprint density at radius 3 is 2.70 bits per heavy atom. The molecule has 1 aliphatic heterocycles. The van der Waals surface area contributed by atoms with Crippen molar-refractivity contribution in [2.45, 2.75) is 13.8 Å². The summed E-state index contributed by atoms with van der Waals surface area (Å²) in [6.07, 6.45) is 1.75. The van der Waals surface area contributed by atoms with Gasteiger partial charge in [-0.1, -0.05) is 29.4 Å². The smallest absolute Gasteiger partial charge is 0.283 e. The van der Waals surface area contributed by atoms with Crippen molar-refractivity contribution >= 4 is 63.4 Å². The lowest BCUT2D eigenvalue weighted by atomic mass is 10.2. The van der Waals surface area contributed by atoms with Crippen molar-refractivity contribution in [2.75, 3.05) is 30.9 Å². The second-order valence-corrected chi connectivity index (χ2v) is 8.58. The zero-order valence-electron chi connectivity index (χ0n) is 16.9. The minimum absolute atomic E-state index is 0.00329. The Morgan fingerprint density at radius 2 is 2.10 bits per heavy atom. The normalized spacial score (nSPS) is 14.9. The Bertz CT molecular complexity index is 985. The highest BCUT2D eigenvalue weighted by Crippen LogP contribution is 2.34. The number of amidine groups is 1. The first-order valence-corrected chi connectivity index (χ1v) is 11.6. The van der Waals surface area contributed by atoms with Crippen molar-refractivity contribution in [3.8, 4) is 5.75 Å². The van der Waals surface area contributed by atoms with E-state index in [0.29, 0.717) is 40.4 Å². The SMILES string of the molecule is CCN(CC)C(=O)CSC1=N/C(=C\c2cccs2)C(=O)N1c1ccc(OC)c(Cl)c1. The number of thioether (sulfide) groups is 1. The molecule has 0 saturated heterocycles. The standard InChI is InChI=1S/C21H22ClN3O3S2/c1-4-24(5-2)19(26)13-30-21-23-17(12-15-7-6-10-29-15)20(27)25(21)14-8-9-18(28-3)16(22)11-14/h6-12H,4-5,13H2,1-3H3/b17-12-. The summed E-state index contributed by atoms with van der Waals surface area (Å²) in [4.78, 5) is 34.3. The molecule has 0 atom stereocenters. The molecule has 2 amide bonds. The number of aliphatic imine (C=N–C) groups is 1. The van der Waals surface area contributed by atoms with Crippen molar-refractivity contribution in [1.82, 2.24) is 4.90 Å². The van der Waals surface area contributed by atoms with Crippen molar-refractivity contribution in [3.05, 3.63) is 51.3 Å². The van der Waals surface area contributed by atoms with E-state index in [4.69, 9.17) is 16.3 Å². The van der Waals surface area contributed by atoms with Gasteiger partial charge in [0.1, 0.15) is 11.4 Å². The number of carbonyl (C=O) groups excluding carboxylic acids is 2. The van der Waals surface area contributed by atoms with Crippen LogP contribution in [0.4, 0.5) is 5.69 Å². The Hall–Kier alpha value is -2.29. The number of nitrogens with zero attached hydrogens (tertiary/aromatic N) is 3.